The molecule has 0 radical (unpaired) electrons. The Morgan fingerprint density at radius 1 is 1.47 bits per heavy atom. The second kappa shape index (κ2) is 5.77. The highest BCUT2D eigenvalue weighted by atomic mass is 79.9. The van der Waals surface area contributed by atoms with Crippen LogP contribution in [0.5, 0.6) is 0 Å². The molecule has 5 heteroatoms. The molecule has 2 aromatic rings. The van der Waals surface area contributed by atoms with Crippen LogP contribution in [-0.2, 0) is 0 Å². The van der Waals surface area contributed by atoms with E-state index in [9.17, 15) is 0 Å². The van der Waals surface area contributed by atoms with Crippen LogP contribution in [-0.4, -0.2) is 35.6 Å². The SMILES string of the molecule is CCN(CCNc1nc2ccc(Br)cc2s1)C1CC1. The van der Waals surface area contributed by atoms with Gasteiger partial charge in [0.2, 0.25) is 0 Å². The van der Waals surface area contributed by atoms with Crippen LogP contribution in [0.25, 0.3) is 10.2 Å². The molecule has 0 bridgehead atoms. The summed E-state index contributed by atoms with van der Waals surface area (Å²) in [5, 5.41) is 4.48. The maximum absolute atomic E-state index is 4.61. The number of benzene rings is 1. The first-order valence-electron chi connectivity index (χ1n) is 6.80. The Hall–Kier alpha value is -0.650. The van der Waals surface area contributed by atoms with Crippen LogP contribution in [0.2, 0.25) is 0 Å². The Balaban J connectivity index is 1.58. The molecular formula is C14H18BrN3S. The van der Waals surface area contributed by atoms with Crippen LogP contribution in [0.3, 0.4) is 0 Å². The summed E-state index contributed by atoms with van der Waals surface area (Å²) in [5.74, 6) is 0. The molecule has 3 nitrogen and oxygen atoms in total. The van der Waals surface area contributed by atoms with E-state index < -0.39 is 0 Å². The van der Waals surface area contributed by atoms with E-state index in [0.29, 0.717) is 0 Å². The first kappa shape index (κ1) is 13.3. The van der Waals surface area contributed by atoms with E-state index in [2.05, 4.69) is 50.2 Å². The summed E-state index contributed by atoms with van der Waals surface area (Å²) in [6.45, 7) is 5.48. The number of anilines is 1. The lowest BCUT2D eigenvalue weighted by atomic mass is 10.3. The molecule has 0 amide bonds. The van der Waals surface area contributed by atoms with Crippen molar-refractivity contribution >= 4 is 42.6 Å². The second-order valence-corrected chi connectivity index (χ2v) is 6.86. The van der Waals surface area contributed by atoms with Gasteiger partial charge in [-0.3, -0.25) is 4.90 Å². The van der Waals surface area contributed by atoms with Gasteiger partial charge in [0.25, 0.3) is 0 Å². The number of nitrogens with zero attached hydrogens (tertiary/aromatic N) is 2. The third-order valence-electron chi connectivity index (χ3n) is 3.50. The molecule has 1 saturated carbocycles. The van der Waals surface area contributed by atoms with Gasteiger partial charge in [-0.05, 0) is 37.6 Å². The topological polar surface area (TPSA) is 28.2 Å². The number of nitrogens with one attached hydrogen (secondary N) is 1. The largest absolute Gasteiger partial charge is 0.360 e. The average Bonchev–Trinajstić information content (AvgIpc) is 3.15. The van der Waals surface area contributed by atoms with E-state index in [1.165, 1.54) is 17.5 Å². The molecule has 0 saturated heterocycles. The van der Waals surface area contributed by atoms with E-state index in [1.54, 1.807) is 11.3 Å². The molecule has 1 aliphatic carbocycles. The van der Waals surface area contributed by atoms with Crippen LogP contribution in [0.4, 0.5) is 5.13 Å². The number of rotatable bonds is 6. The van der Waals surface area contributed by atoms with E-state index in [1.807, 2.05) is 6.07 Å². The fraction of sp³-hybridized carbons (Fsp3) is 0.500. The Bertz CT molecular complexity index is 565. The lowest BCUT2D eigenvalue weighted by molar-refractivity contribution is 0.289. The number of fused-ring (bicyclic) bond motifs is 1. The number of hydrogen-bond donors (Lipinski definition) is 1. The standard InChI is InChI=1S/C14H18BrN3S/c1-2-18(11-4-5-11)8-7-16-14-17-12-6-3-10(15)9-13(12)19-14/h3,6,9,11H,2,4-5,7-8H2,1H3,(H,16,17). The van der Waals surface area contributed by atoms with Gasteiger partial charge in [0.05, 0.1) is 10.2 Å². The Morgan fingerprint density at radius 3 is 3.05 bits per heavy atom. The molecule has 0 aliphatic heterocycles. The van der Waals surface area contributed by atoms with E-state index in [-0.39, 0.29) is 0 Å². The van der Waals surface area contributed by atoms with Crippen molar-refractivity contribution in [1.82, 2.24) is 9.88 Å². The quantitative estimate of drug-likeness (QED) is 0.863. The maximum Gasteiger partial charge on any atom is 0.183 e. The van der Waals surface area contributed by atoms with Gasteiger partial charge in [-0.1, -0.05) is 34.2 Å². The van der Waals surface area contributed by atoms with Gasteiger partial charge in [0.15, 0.2) is 5.13 Å². The molecule has 19 heavy (non-hydrogen) atoms. The van der Waals surface area contributed by atoms with Crippen LogP contribution in [0.15, 0.2) is 22.7 Å². The van der Waals surface area contributed by atoms with Crippen LogP contribution in [0, 0.1) is 0 Å². The monoisotopic (exact) mass is 339 g/mol. The lowest BCUT2D eigenvalue weighted by Gasteiger charge is -2.19. The van der Waals surface area contributed by atoms with Gasteiger partial charge in [-0.25, -0.2) is 4.98 Å². The fourth-order valence-corrected chi connectivity index (χ4v) is 3.76. The van der Waals surface area contributed by atoms with Crippen molar-refractivity contribution in [3.8, 4) is 0 Å². The smallest absolute Gasteiger partial charge is 0.183 e. The summed E-state index contributed by atoms with van der Waals surface area (Å²) in [5.41, 5.74) is 1.07. The molecule has 3 rings (SSSR count). The van der Waals surface area contributed by atoms with Crippen molar-refractivity contribution in [2.45, 2.75) is 25.8 Å². The number of hydrogen-bond acceptors (Lipinski definition) is 4. The third kappa shape index (κ3) is 3.27. The summed E-state index contributed by atoms with van der Waals surface area (Å²) in [7, 11) is 0. The molecule has 1 fully saturated rings. The number of halogens is 1. The molecule has 1 aliphatic rings. The van der Waals surface area contributed by atoms with Gasteiger partial charge in [-0.15, -0.1) is 0 Å². The minimum atomic E-state index is 0.845. The van der Waals surface area contributed by atoms with Crippen molar-refractivity contribution in [3.05, 3.63) is 22.7 Å². The normalized spacial score (nSPS) is 15.3. The summed E-state index contributed by atoms with van der Waals surface area (Å²) >= 11 is 5.22. The molecule has 0 atom stereocenters. The summed E-state index contributed by atoms with van der Waals surface area (Å²) < 4.78 is 2.34. The van der Waals surface area contributed by atoms with Crippen LogP contribution >= 0.6 is 27.3 Å². The first-order chi connectivity index (χ1) is 9.26. The molecular weight excluding hydrogens is 322 g/mol. The third-order valence-corrected chi connectivity index (χ3v) is 4.96. The van der Waals surface area contributed by atoms with Gasteiger partial charge < -0.3 is 5.32 Å². The minimum absolute atomic E-state index is 0.845. The summed E-state index contributed by atoms with van der Waals surface area (Å²) in [6.07, 6.45) is 2.76. The van der Waals surface area contributed by atoms with Crippen molar-refractivity contribution in [2.75, 3.05) is 25.0 Å². The fourth-order valence-electron chi connectivity index (χ4n) is 2.32. The Morgan fingerprint density at radius 2 is 2.32 bits per heavy atom. The highest BCUT2D eigenvalue weighted by Gasteiger charge is 2.27. The average molecular weight is 340 g/mol. The molecule has 1 aromatic carbocycles. The van der Waals surface area contributed by atoms with Gasteiger partial charge in [0, 0.05) is 23.6 Å². The van der Waals surface area contributed by atoms with Crippen LogP contribution in [0.1, 0.15) is 19.8 Å². The number of likely N-dealkylation sites (N-methyl/N-ethyl adjacent to an activating group) is 1. The summed E-state index contributed by atoms with van der Waals surface area (Å²) in [4.78, 5) is 7.16. The van der Waals surface area contributed by atoms with Crippen molar-refractivity contribution in [2.24, 2.45) is 0 Å². The molecule has 1 heterocycles. The lowest BCUT2D eigenvalue weighted by Crippen LogP contribution is -2.30. The predicted octanol–water partition coefficient (Wildman–Crippen LogP) is 3.96. The molecule has 1 aromatic heterocycles. The molecule has 1 N–H and O–H groups in total. The molecule has 0 unspecified atom stereocenters. The zero-order valence-corrected chi connectivity index (χ0v) is 13.4. The van der Waals surface area contributed by atoms with E-state index >= 15 is 0 Å². The number of thiazole rings is 1. The van der Waals surface area contributed by atoms with Gasteiger partial charge >= 0.3 is 0 Å². The second-order valence-electron chi connectivity index (χ2n) is 4.92. The highest BCUT2D eigenvalue weighted by Crippen LogP contribution is 2.29. The molecule has 0 spiro atoms. The van der Waals surface area contributed by atoms with Gasteiger partial charge in [-0.2, -0.15) is 0 Å². The van der Waals surface area contributed by atoms with Crippen molar-refractivity contribution in [3.63, 3.8) is 0 Å². The zero-order chi connectivity index (χ0) is 13.2. The highest BCUT2D eigenvalue weighted by molar-refractivity contribution is 9.10. The maximum atomic E-state index is 4.61. The zero-order valence-electron chi connectivity index (χ0n) is 11.0. The first-order valence-corrected chi connectivity index (χ1v) is 8.41. The Labute approximate surface area is 126 Å². The van der Waals surface area contributed by atoms with Crippen LogP contribution < -0.4 is 5.32 Å². The number of aromatic nitrogens is 1. The Kier molecular flexibility index (Phi) is 4.05. The van der Waals surface area contributed by atoms with E-state index in [4.69, 9.17) is 0 Å². The summed E-state index contributed by atoms with van der Waals surface area (Å²) in [6, 6.07) is 7.07. The predicted molar refractivity (Wildman–Crippen MR) is 86.1 cm³/mol. The molecule has 102 valence electrons. The van der Waals surface area contributed by atoms with E-state index in [0.717, 1.165) is 40.8 Å². The van der Waals surface area contributed by atoms with Crippen molar-refractivity contribution in [1.29, 1.82) is 0 Å². The minimum Gasteiger partial charge on any atom is -0.360 e. The van der Waals surface area contributed by atoms with Gasteiger partial charge in [0.1, 0.15) is 0 Å². The van der Waals surface area contributed by atoms with Crippen molar-refractivity contribution < 1.29 is 0 Å².